The third-order valence-electron chi connectivity index (χ3n) is 2.68. The predicted molar refractivity (Wildman–Crippen MR) is 73.6 cm³/mol. The van der Waals surface area contributed by atoms with Gasteiger partial charge in [-0.15, -0.1) is 11.6 Å². The van der Waals surface area contributed by atoms with Crippen LogP contribution in [-0.4, -0.2) is 19.6 Å². The SMILES string of the molecule is O=c1c(Cl)c(CCl)nc2nc(-c3ccccc3)[nH]n12. The number of halogens is 2. The summed E-state index contributed by atoms with van der Waals surface area (Å²) in [4.78, 5) is 20.4. The van der Waals surface area contributed by atoms with Crippen LogP contribution in [0.25, 0.3) is 17.2 Å². The summed E-state index contributed by atoms with van der Waals surface area (Å²) < 4.78 is 1.21. The molecule has 3 rings (SSSR count). The zero-order valence-corrected chi connectivity index (χ0v) is 11.1. The summed E-state index contributed by atoms with van der Waals surface area (Å²) in [5.74, 6) is 0.870. The first-order valence-electron chi connectivity index (χ1n) is 5.49. The fourth-order valence-electron chi connectivity index (χ4n) is 1.75. The smallest absolute Gasteiger partial charge is 0.271 e. The summed E-state index contributed by atoms with van der Waals surface area (Å²) >= 11 is 11.6. The second-order valence-electron chi connectivity index (χ2n) is 3.88. The van der Waals surface area contributed by atoms with Crippen LogP contribution < -0.4 is 5.56 Å². The molecule has 5 nitrogen and oxygen atoms in total. The van der Waals surface area contributed by atoms with Gasteiger partial charge < -0.3 is 0 Å². The number of rotatable bonds is 2. The van der Waals surface area contributed by atoms with Gasteiger partial charge in [-0.3, -0.25) is 9.89 Å². The fourth-order valence-corrected chi connectivity index (χ4v) is 2.21. The Bertz CT molecular complexity index is 795. The molecule has 0 unspecified atom stereocenters. The fraction of sp³-hybridized carbons (Fsp3) is 0.0833. The molecule has 96 valence electrons. The van der Waals surface area contributed by atoms with Gasteiger partial charge >= 0.3 is 0 Å². The predicted octanol–water partition coefficient (Wildman–Crippen LogP) is 2.48. The highest BCUT2D eigenvalue weighted by Crippen LogP contribution is 2.16. The first-order chi connectivity index (χ1) is 9.20. The van der Waals surface area contributed by atoms with Crippen molar-refractivity contribution in [3.05, 3.63) is 51.4 Å². The monoisotopic (exact) mass is 294 g/mol. The molecule has 0 aliphatic heterocycles. The van der Waals surface area contributed by atoms with E-state index in [1.54, 1.807) is 0 Å². The largest absolute Gasteiger partial charge is 0.293 e. The summed E-state index contributed by atoms with van der Waals surface area (Å²) in [5.41, 5.74) is 0.785. The van der Waals surface area contributed by atoms with Gasteiger partial charge in [0.1, 0.15) is 5.02 Å². The molecule has 0 radical (unpaired) electrons. The number of hydrogen-bond donors (Lipinski definition) is 1. The third-order valence-corrected chi connectivity index (χ3v) is 3.32. The number of H-pyrrole nitrogens is 1. The van der Waals surface area contributed by atoms with Crippen LogP contribution in [0.5, 0.6) is 0 Å². The highest BCUT2D eigenvalue weighted by Gasteiger charge is 2.13. The highest BCUT2D eigenvalue weighted by atomic mass is 35.5. The second kappa shape index (κ2) is 4.68. The Labute approximate surface area is 117 Å². The van der Waals surface area contributed by atoms with Crippen molar-refractivity contribution in [2.75, 3.05) is 0 Å². The third kappa shape index (κ3) is 2.01. The average Bonchev–Trinajstić information content (AvgIpc) is 2.88. The van der Waals surface area contributed by atoms with E-state index in [-0.39, 0.29) is 16.7 Å². The van der Waals surface area contributed by atoms with Gasteiger partial charge in [-0.2, -0.15) is 9.50 Å². The van der Waals surface area contributed by atoms with Crippen molar-refractivity contribution >= 4 is 29.0 Å². The number of fused-ring (bicyclic) bond motifs is 1. The zero-order valence-electron chi connectivity index (χ0n) is 9.60. The Kier molecular flexibility index (Phi) is 3.00. The lowest BCUT2D eigenvalue weighted by Gasteiger charge is -1.97. The molecule has 1 N–H and O–H groups in total. The van der Waals surface area contributed by atoms with Gasteiger partial charge in [0.05, 0.1) is 11.6 Å². The standard InChI is InChI=1S/C12H8Cl2N4O/c13-6-8-9(14)11(19)18-12(15-8)16-10(17-18)7-4-2-1-3-5-7/h1-5H,6H2,(H,15,16,17). The molecule has 0 fully saturated rings. The van der Waals surface area contributed by atoms with E-state index in [1.807, 2.05) is 30.3 Å². The molecule has 0 saturated carbocycles. The Balaban J connectivity index is 2.27. The molecule has 3 aromatic rings. The molecule has 1 aromatic carbocycles. The quantitative estimate of drug-likeness (QED) is 0.739. The van der Waals surface area contributed by atoms with Crippen molar-refractivity contribution in [2.24, 2.45) is 0 Å². The molecule has 0 atom stereocenters. The van der Waals surface area contributed by atoms with Crippen molar-refractivity contribution in [1.82, 2.24) is 19.6 Å². The van der Waals surface area contributed by atoms with E-state index in [0.29, 0.717) is 11.5 Å². The van der Waals surface area contributed by atoms with Gasteiger partial charge in [0.15, 0.2) is 5.82 Å². The Morgan fingerprint density at radius 3 is 2.63 bits per heavy atom. The molecule has 0 aliphatic carbocycles. The van der Waals surface area contributed by atoms with E-state index in [2.05, 4.69) is 15.1 Å². The molecular weight excluding hydrogens is 287 g/mol. The maximum Gasteiger partial charge on any atom is 0.293 e. The van der Waals surface area contributed by atoms with E-state index < -0.39 is 5.56 Å². The lowest BCUT2D eigenvalue weighted by atomic mass is 10.2. The molecule has 0 bridgehead atoms. The Hall–Kier alpha value is -1.85. The topological polar surface area (TPSA) is 63.0 Å². The number of benzene rings is 1. The maximum absolute atomic E-state index is 12.0. The Morgan fingerprint density at radius 1 is 1.21 bits per heavy atom. The molecule has 19 heavy (non-hydrogen) atoms. The van der Waals surface area contributed by atoms with E-state index in [1.165, 1.54) is 4.52 Å². The average molecular weight is 295 g/mol. The van der Waals surface area contributed by atoms with E-state index >= 15 is 0 Å². The minimum Gasteiger partial charge on any atom is -0.271 e. The summed E-state index contributed by atoms with van der Waals surface area (Å²) in [7, 11) is 0. The molecular formula is C12H8Cl2N4O. The van der Waals surface area contributed by atoms with Crippen LogP contribution in [0.1, 0.15) is 5.69 Å². The van der Waals surface area contributed by atoms with Crippen molar-refractivity contribution < 1.29 is 0 Å². The van der Waals surface area contributed by atoms with Crippen LogP contribution in [0.4, 0.5) is 0 Å². The van der Waals surface area contributed by atoms with Gasteiger partial charge in [0, 0.05) is 5.56 Å². The van der Waals surface area contributed by atoms with Crippen LogP contribution in [0.3, 0.4) is 0 Å². The molecule has 0 spiro atoms. The lowest BCUT2D eigenvalue weighted by Crippen LogP contribution is -2.17. The van der Waals surface area contributed by atoms with Crippen LogP contribution in [0.2, 0.25) is 5.02 Å². The van der Waals surface area contributed by atoms with Crippen molar-refractivity contribution in [1.29, 1.82) is 0 Å². The molecule has 0 amide bonds. The number of alkyl halides is 1. The zero-order chi connectivity index (χ0) is 13.4. The van der Waals surface area contributed by atoms with E-state index in [0.717, 1.165) is 5.56 Å². The minimum atomic E-state index is -0.406. The number of aromatic amines is 1. The minimum absolute atomic E-state index is 0.00996. The normalized spacial score (nSPS) is 11.1. The van der Waals surface area contributed by atoms with Crippen LogP contribution in [-0.2, 0) is 5.88 Å². The molecule has 2 heterocycles. The van der Waals surface area contributed by atoms with E-state index in [9.17, 15) is 4.79 Å². The number of hydrogen-bond acceptors (Lipinski definition) is 3. The molecule has 2 aromatic heterocycles. The second-order valence-corrected chi connectivity index (χ2v) is 4.53. The van der Waals surface area contributed by atoms with E-state index in [4.69, 9.17) is 23.2 Å². The first kappa shape index (κ1) is 12.2. The summed E-state index contributed by atoms with van der Waals surface area (Å²) in [6.07, 6.45) is 0. The Morgan fingerprint density at radius 2 is 1.95 bits per heavy atom. The lowest BCUT2D eigenvalue weighted by molar-refractivity contribution is 0.890. The number of nitrogens with zero attached hydrogens (tertiary/aromatic N) is 3. The molecule has 7 heteroatoms. The van der Waals surface area contributed by atoms with Crippen LogP contribution in [0.15, 0.2) is 35.1 Å². The highest BCUT2D eigenvalue weighted by molar-refractivity contribution is 6.31. The molecule has 0 aliphatic rings. The van der Waals surface area contributed by atoms with Crippen molar-refractivity contribution in [2.45, 2.75) is 5.88 Å². The number of aromatic nitrogens is 4. The van der Waals surface area contributed by atoms with Crippen LogP contribution in [0, 0.1) is 0 Å². The number of nitrogens with one attached hydrogen (secondary N) is 1. The summed E-state index contributed by atoms with van der Waals surface area (Å²) in [6, 6.07) is 9.43. The van der Waals surface area contributed by atoms with Gasteiger partial charge in [0.2, 0.25) is 0 Å². The van der Waals surface area contributed by atoms with Crippen molar-refractivity contribution in [3.63, 3.8) is 0 Å². The van der Waals surface area contributed by atoms with Crippen LogP contribution >= 0.6 is 23.2 Å². The van der Waals surface area contributed by atoms with Gasteiger partial charge in [0.25, 0.3) is 11.3 Å². The van der Waals surface area contributed by atoms with Gasteiger partial charge in [-0.05, 0) is 0 Å². The van der Waals surface area contributed by atoms with Crippen molar-refractivity contribution in [3.8, 4) is 11.4 Å². The van der Waals surface area contributed by atoms with Gasteiger partial charge in [-0.1, -0.05) is 41.9 Å². The van der Waals surface area contributed by atoms with Gasteiger partial charge in [-0.25, -0.2) is 4.98 Å². The first-order valence-corrected chi connectivity index (χ1v) is 6.40. The summed E-state index contributed by atoms with van der Waals surface area (Å²) in [6.45, 7) is 0. The maximum atomic E-state index is 12.0. The summed E-state index contributed by atoms with van der Waals surface area (Å²) in [5, 5.41) is 2.89. The molecule has 0 saturated heterocycles.